The SMILES string of the molecule is CCCCS(CC)(CC)C(C)C. The summed E-state index contributed by atoms with van der Waals surface area (Å²) in [5, 5.41) is 0.930. The quantitative estimate of drug-likeness (QED) is 0.593. The molecule has 0 aliphatic heterocycles. The second-order valence-electron chi connectivity index (χ2n) is 3.80. The van der Waals surface area contributed by atoms with E-state index in [2.05, 4.69) is 34.6 Å². The molecule has 0 fully saturated rings. The third kappa shape index (κ3) is 3.01. The van der Waals surface area contributed by atoms with E-state index in [9.17, 15) is 0 Å². The Balaban J connectivity index is 4.15. The zero-order valence-corrected chi connectivity index (χ0v) is 10.3. The van der Waals surface area contributed by atoms with Gasteiger partial charge in [0, 0.05) is 0 Å². The average molecular weight is 190 g/mol. The topological polar surface area (TPSA) is 0 Å². The molecule has 0 aromatic heterocycles. The first-order chi connectivity index (χ1) is 5.63. The summed E-state index contributed by atoms with van der Waals surface area (Å²) in [6.45, 7) is 11.9. The summed E-state index contributed by atoms with van der Waals surface area (Å²) >= 11 is 0. The van der Waals surface area contributed by atoms with E-state index in [1.807, 2.05) is 0 Å². The standard InChI is InChI=1S/C11H26S/c1-6-9-10-12(7-2,8-3)11(4)5/h11H,6-10H2,1-5H3. The zero-order valence-electron chi connectivity index (χ0n) is 9.52. The Hall–Kier alpha value is 0.350. The molecule has 0 rings (SSSR count). The Morgan fingerprint density at radius 2 is 1.50 bits per heavy atom. The molecule has 0 aliphatic rings. The molecule has 0 saturated heterocycles. The molecule has 0 bridgehead atoms. The average Bonchev–Trinajstić information content (AvgIpc) is 2.07. The maximum Gasteiger partial charge on any atom is -0.0169 e. The predicted molar refractivity (Wildman–Crippen MR) is 63.6 cm³/mol. The number of hydrogen-bond donors (Lipinski definition) is 0. The molecule has 76 valence electrons. The van der Waals surface area contributed by atoms with Crippen LogP contribution in [0.4, 0.5) is 0 Å². The summed E-state index contributed by atoms with van der Waals surface area (Å²) < 4.78 is 0. The van der Waals surface area contributed by atoms with Gasteiger partial charge < -0.3 is 0 Å². The molecule has 12 heavy (non-hydrogen) atoms. The molecule has 0 N–H and O–H groups in total. The highest BCUT2D eigenvalue weighted by molar-refractivity contribution is 8.34. The lowest BCUT2D eigenvalue weighted by Crippen LogP contribution is -2.20. The van der Waals surface area contributed by atoms with Gasteiger partial charge in [-0.1, -0.05) is 41.0 Å². The van der Waals surface area contributed by atoms with Gasteiger partial charge in [0.2, 0.25) is 0 Å². The normalized spacial score (nSPS) is 13.8. The van der Waals surface area contributed by atoms with Gasteiger partial charge in [-0.15, -0.1) is 0 Å². The Labute approximate surface area is 80.4 Å². The number of rotatable bonds is 6. The van der Waals surface area contributed by atoms with Crippen molar-refractivity contribution in [2.75, 3.05) is 17.3 Å². The van der Waals surface area contributed by atoms with Gasteiger partial charge in [0.1, 0.15) is 0 Å². The molecule has 0 nitrogen and oxygen atoms in total. The molecule has 0 saturated carbocycles. The second kappa shape index (κ2) is 5.90. The van der Waals surface area contributed by atoms with E-state index in [1.165, 1.54) is 30.1 Å². The lowest BCUT2D eigenvalue weighted by Gasteiger charge is -2.42. The molecule has 0 spiro atoms. The zero-order chi connectivity index (χ0) is 9.61. The van der Waals surface area contributed by atoms with E-state index in [0.717, 1.165) is 5.25 Å². The van der Waals surface area contributed by atoms with Crippen LogP contribution >= 0.6 is 10.0 Å². The Morgan fingerprint density at radius 1 is 1.00 bits per heavy atom. The maximum absolute atomic E-state index is 2.41. The lowest BCUT2D eigenvalue weighted by atomic mass is 10.4. The fourth-order valence-corrected chi connectivity index (χ4v) is 5.48. The van der Waals surface area contributed by atoms with Gasteiger partial charge in [0.25, 0.3) is 0 Å². The fourth-order valence-electron chi connectivity index (χ4n) is 1.83. The molecular formula is C11H26S. The summed E-state index contributed by atoms with van der Waals surface area (Å²) in [5.41, 5.74) is 0. The first kappa shape index (κ1) is 12.3. The van der Waals surface area contributed by atoms with Gasteiger partial charge in [0.05, 0.1) is 0 Å². The molecule has 1 heteroatoms. The van der Waals surface area contributed by atoms with Crippen LogP contribution in [-0.2, 0) is 0 Å². The Bertz CT molecular complexity index is 104. The fraction of sp³-hybridized carbons (Fsp3) is 1.00. The highest BCUT2D eigenvalue weighted by atomic mass is 32.3. The van der Waals surface area contributed by atoms with Crippen LogP contribution in [-0.4, -0.2) is 22.5 Å². The third-order valence-electron chi connectivity index (χ3n) is 3.05. The van der Waals surface area contributed by atoms with Crippen LogP contribution in [0.1, 0.15) is 47.5 Å². The highest BCUT2D eigenvalue weighted by Crippen LogP contribution is 2.52. The summed E-state index contributed by atoms with van der Waals surface area (Å²) in [6.07, 6.45) is 2.80. The molecular weight excluding hydrogens is 164 g/mol. The number of unbranched alkanes of at least 4 members (excludes halogenated alkanes) is 1. The largest absolute Gasteiger partial charge is 0.239 e. The first-order valence-electron chi connectivity index (χ1n) is 5.38. The molecule has 0 unspecified atom stereocenters. The van der Waals surface area contributed by atoms with Crippen molar-refractivity contribution in [1.29, 1.82) is 0 Å². The van der Waals surface area contributed by atoms with Gasteiger partial charge in [-0.05, 0) is 28.9 Å². The van der Waals surface area contributed by atoms with Crippen molar-refractivity contribution in [2.24, 2.45) is 0 Å². The van der Waals surface area contributed by atoms with E-state index in [1.54, 1.807) is 0 Å². The van der Waals surface area contributed by atoms with Crippen LogP contribution in [0.5, 0.6) is 0 Å². The minimum atomic E-state index is -0.251. The van der Waals surface area contributed by atoms with Gasteiger partial charge in [0.15, 0.2) is 0 Å². The van der Waals surface area contributed by atoms with Crippen LogP contribution in [0.25, 0.3) is 0 Å². The smallest absolute Gasteiger partial charge is 0.0169 e. The summed E-state index contributed by atoms with van der Waals surface area (Å²) in [7, 11) is -0.251. The molecule has 0 atom stereocenters. The van der Waals surface area contributed by atoms with Crippen molar-refractivity contribution in [3.63, 3.8) is 0 Å². The van der Waals surface area contributed by atoms with E-state index in [0.29, 0.717) is 0 Å². The molecule has 0 heterocycles. The van der Waals surface area contributed by atoms with E-state index in [-0.39, 0.29) is 10.0 Å². The third-order valence-corrected chi connectivity index (χ3v) is 8.46. The molecule has 0 aromatic rings. The summed E-state index contributed by atoms with van der Waals surface area (Å²) in [5.74, 6) is 4.37. The van der Waals surface area contributed by atoms with E-state index >= 15 is 0 Å². The Morgan fingerprint density at radius 3 is 1.75 bits per heavy atom. The first-order valence-corrected chi connectivity index (χ1v) is 7.58. The Kier molecular flexibility index (Phi) is 6.08. The van der Waals surface area contributed by atoms with Crippen LogP contribution in [0.3, 0.4) is 0 Å². The maximum atomic E-state index is 2.41. The minimum Gasteiger partial charge on any atom is -0.239 e. The van der Waals surface area contributed by atoms with Crippen molar-refractivity contribution >= 4 is 10.0 Å². The summed E-state index contributed by atoms with van der Waals surface area (Å²) in [6, 6.07) is 0. The van der Waals surface area contributed by atoms with Crippen molar-refractivity contribution in [2.45, 2.75) is 52.7 Å². The second-order valence-corrected chi connectivity index (χ2v) is 8.53. The number of hydrogen-bond acceptors (Lipinski definition) is 0. The molecule has 0 aromatic carbocycles. The van der Waals surface area contributed by atoms with Gasteiger partial charge in [-0.2, -0.15) is 0 Å². The molecule has 0 aliphatic carbocycles. The molecule has 0 amide bonds. The van der Waals surface area contributed by atoms with Crippen LogP contribution < -0.4 is 0 Å². The summed E-state index contributed by atoms with van der Waals surface area (Å²) in [4.78, 5) is 0. The highest BCUT2D eigenvalue weighted by Gasteiger charge is 2.22. The van der Waals surface area contributed by atoms with Crippen molar-refractivity contribution in [1.82, 2.24) is 0 Å². The van der Waals surface area contributed by atoms with Crippen molar-refractivity contribution < 1.29 is 0 Å². The monoisotopic (exact) mass is 190 g/mol. The molecule has 0 radical (unpaired) electrons. The van der Waals surface area contributed by atoms with E-state index < -0.39 is 0 Å². The van der Waals surface area contributed by atoms with Gasteiger partial charge >= 0.3 is 0 Å². The minimum absolute atomic E-state index is 0.251. The predicted octanol–water partition coefficient (Wildman–Crippen LogP) is 4.04. The van der Waals surface area contributed by atoms with Gasteiger partial charge in [-0.3, -0.25) is 0 Å². The lowest BCUT2D eigenvalue weighted by molar-refractivity contribution is 0.881. The van der Waals surface area contributed by atoms with Crippen LogP contribution in [0.2, 0.25) is 0 Å². The van der Waals surface area contributed by atoms with E-state index in [4.69, 9.17) is 0 Å². The van der Waals surface area contributed by atoms with Crippen LogP contribution in [0, 0.1) is 0 Å². The van der Waals surface area contributed by atoms with Crippen molar-refractivity contribution in [3.05, 3.63) is 0 Å². The van der Waals surface area contributed by atoms with Gasteiger partial charge in [-0.25, -0.2) is 10.0 Å². The van der Waals surface area contributed by atoms with Crippen LogP contribution in [0.15, 0.2) is 0 Å². The van der Waals surface area contributed by atoms with Crippen molar-refractivity contribution in [3.8, 4) is 0 Å².